The van der Waals surface area contributed by atoms with Crippen molar-refractivity contribution in [3.8, 4) is 0 Å². The minimum absolute atomic E-state index is 0.0376. The zero-order valence-electron chi connectivity index (χ0n) is 15.6. The maximum atomic E-state index is 12.3. The summed E-state index contributed by atoms with van der Waals surface area (Å²) in [5.74, 6) is 0.603. The first kappa shape index (κ1) is 17.7. The monoisotopic (exact) mass is 362 g/mol. The largest absolute Gasteiger partial charge is 0.354 e. The van der Waals surface area contributed by atoms with Gasteiger partial charge in [0.15, 0.2) is 0 Å². The predicted molar refractivity (Wildman–Crippen MR) is 107 cm³/mol. The van der Waals surface area contributed by atoms with E-state index < -0.39 is 0 Å². The van der Waals surface area contributed by atoms with Gasteiger partial charge in [-0.1, -0.05) is 48.5 Å². The molecule has 1 N–H and O–H groups in total. The first-order valence-electron chi connectivity index (χ1n) is 9.71. The van der Waals surface area contributed by atoms with Gasteiger partial charge in [0, 0.05) is 18.5 Å². The van der Waals surface area contributed by atoms with Gasteiger partial charge in [-0.05, 0) is 43.5 Å². The molecule has 1 aliphatic rings. The minimum atomic E-state index is 0.0376. The standard InChI is InChI=1S/C22H26N4O/c27-22(17-26-21-9-5-4-8-20(21)15-24-26)23-14-18-10-12-25(13-11-18)16-19-6-2-1-3-7-19/h1-9,15,18H,10-14,16-17H2,(H,23,27). The zero-order chi connectivity index (χ0) is 18.5. The minimum Gasteiger partial charge on any atom is -0.354 e. The van der Waals surface area contributed by atoms with E-state index in [2.05, 4.69) is 45.6 Å². The smallest absolute Gasteiger partial charge is 0.241 e. The van der Waals surface area contributed by atoms with Crippen LogP contribution in [0.25, 0.3) is 10.9 Å². The fourth-order valence-corrected chi connectivity index (χ4v) is 3.79. The summed E-state index contributed by atoms with van der Waals surface area (Å²) in [7, 11) is 0. The highest BCUT2D eigenvalue weighted by atomic mass is 16.2. The van der Waals surface area contributed by atoms with E-state index in [0.29, 0.717) is 5.92 Å². The van der Waals surface area contributed by atoms with Crippen LogP contribution in [0.1, 0.15) is 18.4 Å². The Bertz CT molecular complexity index is 881. The van der Waals surface area contributed by atoms with Gasteiger partial charge in [-0.2, -0.15) is 5.10 Å². The second-order valence-electron chi connectivity index (χ2n) is 7.37. The molecule has 2 aromatic carbocycles. The van der Waals surface area contributed by atoms with Crippen LogP contribution >= 0.6 is 0 Å². The Morgan fingerprint density at radius 3 is 2.59 bits per heavy atom. The molecule has 1 aromatic heterocycles. The van der Waals surface area contributed by atoms with Crippen LogP contribution in [0.4, 0.5) is 0 Å². The van der Waals surface area contributed by atoms with Gasteiger partial charge in [0.1, 0.15) is 6.54 Å². The van der Waals surface area contributed by atoms with Gasteiger partial charge >= 0.3 is 0 Å². The number of para-hydroxylation sites is 1. The Morgan fingerprint density at radius 1 is 1.04 bits per heavy atom. The van der Waals surface area contributed by atoms with E-state index in [9.17, 15) is 4.79 Å². The summed E-state index contributed by atoms with van der Waals surface area (Å²) in [6, 6.07) is 18.6. The zero-order valence-corrected chi connectivity index (χ0v) is 15.6. The van der Waals surface area contributed by atoms with E-state index in [1.54, 1.807) is 4.68 Å². The molecule has 0 unspecified atom stereocenters. The summed E-state index contributed by atoms with van der Waals surface area (Å²) in [6.45, 7) is 4.25. The van der Waals surface area contributed by atoms with Crippen molar-refractivity contribution in [2.24, 2.45) is 5.92 Å². The number of hydrogen-bond acceptors (Lipinski definition) is 3. The second kappa shape index (κ2) is 8.35. The van der Waals surface area contributed by atoms with Crippen LogP contribution < -0.4 is 5.32 Å². The average molecular weight is 362 g/mol. The summed E-state index contributed by atoms with van der Waals surface area (Å²) in [5.41, 5.74) is 2.37. The molecule has 0 atom stereocenters. The highest BCUT2D eigenvalue weighted by molar-refractivity contribution is 5.81. The molecule has 0 aliphatic carbocycles. The van der Waals surface area contributed by atoms with Gasteiger partial charge in [-0.25, -0.2) is 0 Å². The lowest BCUT2D eigenvalue weighted by Crippen LogP contribution is -2.39. The number of piperidine rings is 1. The lowest BCUT2D eigenvalue weighted by molar-refractivity contribution is -0.122. The van der Waals surface area contributed by atoms with Crippen LogP contribution in [0, 0.1) is 5.92 Å². The molecular formula is C22H26N4O. The molecule has 0 saturated carbocycles. The SMILES string of the molecule is O=C(Cn1ncc2ccccc21)NCC1CCN(Cc2ccccc2)CC1. The van der Waals surface area contributed by atoms with Crippen molar-refractivity contribution < 1.29 is 4.79 Å². The Hall–Kier alpha value is -2.66. The Labute approximate surface area is 160 Å². The molecule has 1 saturated heterocycles. The van der Waals surface area contributed by atoms with E-state index >= 15 is 0 Å². The van der Waals surface area contributed by atoms with Crippen molar-refractivity contribution >= 4 is 16.8 Å². The second-order valence-corrected chi connectivity index (χ2v) is 7.37. The molecule has 27 heavy (non-hydrogen) atoms. The summed E-state index contributed by atoms with van der Waals surface area (Å²) < 4.78 is 1.77. The highest BCUT2D eigenvalue weighted by Gasteiger charge is 2.20. The molecule has 5 nitrogen and oxygen atoms in total. The number of amides is 1. The molecule has 2 heterocycles. The van der Waals surface area contributed by atoms with Gasteiger partial charge in [-0.15, -0.1) is 0 Å². The molecule has 5 heteroatoms. The van der Waals surface area contributed by atoms with E-state index in [1.807, 2.05) is 30.5 Å². The number of nitrogens with zero attached hydrogens (tertiary/aromatic N) is 3. The molecular weight excluding hydrogens is 336 g/mol. The number of hydrogen-bond donors (Lipinski definition) is 1. The van der Waals surface area contributed by atoms with Crippen molar-refractivity contribution in [3.63, 3.8) is 0 Å². The third-order valence-electron chi connectivity index (χ3n) is 5.39. The molecule has 3 aromatic rings. The van der Waals surface area contributed by atoms with E-state index in [1.165, 1.54) is 5.56 Å². The highest BCUT2D eigenvalue weighted by Crippen LogP contribution is 2.18. The number of nitrogens with one attached hydrogen (secondary N) is 1. The van der Waals surface area contributed by atoms with Crippen molar-refractivity contribution in [2.45, 2.75) is 25.9 Å². The molecule has 1 amide bonds. The number of carbonyl (C=O) groups excluding carboxylic acids is 1. The lowest BCUT2D eigenvalue weighted by Gasteiger charge is -2.32. The van der Waals surface area contributed by atoms with Gasteiger partial charge < -0.3 is 5.32 Å². The van der Waals surface area contributed by atoms with Crippen molar-refractivity contribution in [3.05, 3.63) is 66.4 Å². The first-order chi connectivity index (χ1) is 13.3. The summed E-state index contributed by atoms with van der Waals surface area (Å²) in [6.07, 6.45) is 4.08. The molecule has 1 aliphatic heterocycles. The average Bonchev–Trinajstić information content (AvgIpc) is 3.11. The molecule has 0 radical (unpaired) electrons. The van der Waals surface area contributed by atoms with Gasteiger partial charge in [0.25, 0.3) is 0 Å². The fourth-order valence-electron chi connectivity index (χ4n) is 3.79. The van der Waals surface area contributed by atoms with Crippen LogP contribution in [0.2, 0.25) is 0 Å². The van der Waals surface area contributed by atoms with E-state index in [0.717, 1.165) is 49.9 Å². The lowest BCUT2D eigenvalue weighted by atomic mass is 9.96. The topological polar surface area (TPSA) is 50.2 Å². The fraction of sp³-hybridized carbons (Fsp3) is 0.364. The van der Waals surface area contributed by atoms with Gasteiger partial charge in [-0.3, -0.25) is 14.4 Å². The first-order valence-corrected chi connectivity index (χ1v) is 9.71. The van der Waals surface area contributed by atoms with E-state index in [4.69, 9.17) is 0 Å². The molecule has 0 bridgehead atoms. The summed E-state index contributed by atoms with van der Waals surface area (Å²) in [4.78, 5) is 14.8. The van der Waals surface area contributed by atoms with Crippen molar-refractivity contribution in [1.29, 1.82) is 0 Å². The van der Waals surface area contributed by atoms with Gasteiger partial charge in [0.2, 0.25) is 5.91 Å². The third-order valence-corrected chi connectivity index (χ3v) is 5.39. The van der Waals surface area contributed by atoms with Crippen LogP contribution in [-0.4, -0.2) is 40.2 Å². The van der Waals surface area contributed by atoms with Crippen LogP contribution in [0.3, 0.4) is 0 Å². The van der Waals surface area contributed by atoms with Crippen LogP contribution in [0.15, 0.2) is 60.8 Å². The molecule has 1 fully saturated rings. The van der Waals surface area contributed by atoms with Crippen LogP contribution in [-0.2, 0) is 17.9 Å². The summed E-state index contributed by atoms with van der Waals surface area (Å²) >= 11 is 0. The van der Waals surface area contributed by atoms with Crippen LogP contribution in [0.5, 0.6) is 0 Å². The van der Waals surface area contributed by atoms with Crippen molar-refractivity contribution in [1.82, 2.24) is 20.0 Å². The Morgan fingerprint density at radius 2 is 1.78 bits per heavy atom. The Kier molecular flexibility index (Phi) is 5.49. The molecule has 0 spiro atoms. The number of benzene rings is 2. The van der Waals surface area contributed by atoms with Gasteiger partial charge in [0.05, 0.1) is 11.7 Å². The molecule has 4 rings (SSSR count). The third kappa shape index (κ3) is 4.55. The van der Waals surface area contributed by atoms with E-state index in [-0.39, 0.29) is 12.5 Å². The predicted octanol–water partition coefficient (Wildman–Crippen LogP) is 3.06. The number of rotatable bonds is 6. The number of carbonyl (C=O) groups is 1. The normalized spacial score (nSPS) is 15.9. The number of aromatic nitrogens is 2. The molecule has 140 valence electrons. The Balaban J connectivity index is 1.21. The summed E-state index contributed by atoms with van der Waals surface area (Å²) in [5, 5.41) is 8.50. The number of fused-ring (bicyclic) bond motifs is 1. The maximum absolute atomic E-state index is 12.3. The van der Waals surface area contributed by atoms with Crippen molar-refractivity contribution in [2.75, 3.05) is 19.6 Å². The quantitative estimate of drug-likeness (QED) is 0.733. The maximum Gasteiger partial charge on any atom is 0.241 e. The number of likely N-dealkylation sites (tertiary alicyclic amines) is 1.